The summed E-state index contributed by atoms with van der Waals surface area (Å²) in [6, 6.07) is 22.3. The molecular formula is C28H26N2O6. The van der Waals surface area contributed by atoms with Gasteiger partial charge in [-0.05, 0) is 34.7 Å². The van der Waals surface area contributed by atoms with E-state index in [1.807, 2.05) is 48.5 Å². The zero-order valence-electron chi connectivity index (χ0n) is 19.6. The minimum Gasteiger partial charge on any atom is -0.475 e. The first kappa shape index (κ1) is 24.7. The molecule has 0 aliphatic heterocycles. The molecule has 8 heteroatoms. The van der Waals surface area contributed by atoms with Crippen molar-refractivity contribution in [2.45, 2.75) is 31.3 Å². The van der Waals surface area contributed by atoms with Crippen LogP contribution in [0.5, 0.6) is 0 Å². The number of benzene rings is 3. The Hall–Kier alpha value is -4.46. The number of rotatable bonds is 9. The van der Waals surface area contributed by atoms with Gasteiger partial charge in [-0.25, -0.2) is 9.59 Å². The third-order valence-electron chi connectivity index (χ3n) is 6.20. The monoisotopic (exact) mass is 486 g/mol. The Morgan fingerprint density at radius 1 is 0.833 bits per heavy atom. The average Bonchev–Trinajstić information content (AvgIpc) is 3.20. The molecule has 0 saturated carbocycles. The maximum Gasteiger partial charge on any atom is 0.407 e. The Bertz CT molecular complexity index is 1240. The summed E-state index contributed by atoms with van der Waals surface area (Å²) in [7, 11) is 0. The van der Waals surface area contributed by atoms with Gasteiger partial charge in [-0.1, -0.05) is 78.9 Å². The minimum absolute atomic E-state index is 0.00930. The molecule has 2 amide bonds. The second kappa shape index (κ2) is 10.9. The lowest BCUT2D eigenvalue weighted by Crippen LogP contribution is -2.52. The minimum atomic E-state index is -1.65. The van der Waals surface area contributed by atoms with Gasteiger partial charge in [0.05, 0.1) is 0 Å². The number of fused-ring (bicyclic) bond motifs is 3. The summed E-state index contributed by atoms with van der Waals surface area (Å²) < 4.78 is 5.46. The fourth-order valence-corrected chi connectivity index (χ4v) is 4.39. The number of carboxylic acids is 1. The van der Waals surface area contributed by atoms with E-state index in [0.29, 0.717) is 5.56 Å². The largest absolute Gasteiger partial charge is 0.475 e. The van der Waals surface area contributed by atoms with E-state index in [0.717, 1.165) is 22.3 Å². The SMILES string of the molecule is C[C@H](NC(=O)OCC1c2ccccc2-c2ccccc21)C(=O)N[C@@H](Cc1ccccc1)C(=O)C(=O)O. The highest BCUT2D eigenvalue weighted by molar-refractivity contribution is 6.35. The van der Waals surface area contributed by atoms with Crippen molar-refractivity contribution in [1.29, 1.82) is 0 Å². The van der Waals surface area contributed by atoms with Crippen molar-refractivity contribution in [3.63, 3.8) is 0 Å². The summed E-state index contributed by atoms with van der Waals surface area (Å²) in [5.74, 6) is -3.61. The molecule has 0 saturated heterocycles. The van der Waals surface area contributed by atoms with Crippen LogP contribution < -0.4 is 10.6 Å². The average molecular weight is 487 g/mol. The normalized spacial score (nSPS) is 13.6. The van der Waals surface area contributed by atoms with Crippen LogP contribution in [0.25, 0.3) is 11.1 Å². The number of alkyl carbamates (subject to hydrolysis) is 1. The van der Waals surface area contributed by atoms with E-state index in [2.05, 4.69) is 10.6 Å². The van der Waals surface area contributed by atoms with Crippen LogP contribution in [0.15, 0.2) is 78.9 Å². The predicted octanol–water partition coefficient (Wildman–Crippen LogP) is 3.29. The highest BCUT2D eigenvalue weighted by atomic mass is 16.5. The van der Waals surface area contributed by atoms with Crippen LogP contribution in [0.3, 0.4) is 0 Å². The van der Waals surface area contributed by atoms with Gasteiger partial charge in [0.2, 0.25) is 5.91 Å². The molecule has 0 unspecified atom stereocenters. The molecule has 3 aromatic rings. The number of aliphatic carboxylic acids is 1. The van der Waals surface area contributed by atoms with Crippen molar-refractivity contribution in [2.75, 3.05) is 6.61 Å². The maximum absolute atomic E-state index is 12.7. The molecule has 36 heavy (non-hydrogen) atoms. The first-order valence-electron chi connectivity index (χ1n) is 11.6. The van der Waals surface area contributed by atoms with Crippen molar-refractivity contribution in [3.8, 4) is 11.1 Å². The molecule has 2 atom stereocenters. The maximum atomic E-state index is 12.7. The summed E-state index contributed by atoms with van der Waals surface area (Å²) in [5.41, 5.74) is 5.01. The molecule has 0 spiro atoms. The summed E-state index contributed by atoms with van der Waals surface area (Å²) in [6.45, 7) is 1.52. The Kier molecular flexibility index (Phi) is 7.44. The van der Waals surface area contributed by atoms with E-state index in [1.165, 1.54) is 6.92 Å². The number of carbonyl (C=O) groups excluding carboxylic acids is 3. The topological polar surface area (TPSA) is 122 Å². The molecule has 0 heterocycles. The van der Waals surface area contributed by atoms with E-state index >= 15 is 0 Å². The van der Waals surface area contributed by atoms with Crippen molar-refractivity contribution >= 4 is 23.8 Å². The Labute approximate surface area is 208 Å². The number of Topliss-reactive ketones (excluding diaryl/α,β-unsaturated/α-hetero) is 1. The number of carboxylic acid groups (broad SMARTS) is 1. The van der Waals surface area contributed by atoms with Gasteiger partial charge in [0.1, 0.15) is 18.7 Å². The van der Waals surface area contributed by atoms with Crippen molar-refractivity contribution in [3.05, 3.63) is 95.6 Å². The highest BCUT2D eigenvalue weighted by Gasteiger charge is 2.31. The third-order valence-corrected chi connectivity index (χ3v) is 6.20. The molecule has 0 radical (unpaired) electrons. The van der Waals surface area contributed by atoms with Crippen molar-refractivity contribution in [1.82, 2.24) is 10.6 Å². The second-order valence-electron chi connectivity index (χ2n) is 8.61. The fraction of sp³-hybridized carbons (Fsp3) is 0.214. The zero-order chi connectivity index (χ0) is 25.7. The second-order valence-corrected chi connectivity index (χ2v) is 8.61. The van der Waals surface area contributed by atoms with Crippen molar-refractivity contribution < 1.29 is 29.0 Å². The molecule has 4 rings (SSSR count). The number of carbonyl (C=O) groups is 4. The molecule has 3 N–H and O–H groups in total. The number of ether oxygens (including phenoxy) is 1. The number of hydrogen-bond donors (Lipinski definition) is 3. The van der Waals surface area contributed by atoms with E-state index < -0.39 is 35.8 Å². The van der Waals surface area contributed by atoms with Crippen LogP contribution in [0, 0.1) is 0 Å². The van der Waals surface area contributed by atoms with Crippen molar-refractivity contribution in [2.24, 2.45) is 0 Å². The van der Waals surface area contributed by atoms with Crippen LogP contribution in [0.4, 0.5) is 4.79 Å². The van der Waals surface area contributed by atoms with Gasteiger partial charge in [0.25, 0.3) is 5.78 Å². The molecule has 8 nitrogen and oxygen atoms in total. The van der Waals surface area contributed by atoms with Gasteiger partial charge in [-0.3, -0.25) is 9.59 Å². The summed E-state index contributed by atoms with van der Waals surface area (Å²) >= 11 is 0. The fourth-order valence-electron chi connectivity index (χ4n) is 4.39. The van der Waals surface area contributed by atoms with E-state index in [4.69, 9.17) is 9.84 Å². The predicted molar refractivity (Wildman–Crippen MR) is 132 cm³/mol. The number of nitrogens with one attached hydrogen (secondary N) is 2. The third kappa shape index (κ3) is 5.43. The Morgan fingerprint density at radius 3 is 1.97 bits per heavy atom. The first-order chi connectivity index (χ1) is 17.3. The quantitative estimate of drug-likeness (QED) is 0.399. The molecule has 3 aromatic carbocycles. The molecule has 0 bridgehead atoms. The number of amides is 2. The lowest BCUT2D eigenvalue weighted by molar-refractivity contribution is -0.150. The van der Waals surface area contributed by atoms with Gasteiger partial charge in [-0.2, -0.15) is 0 Å². The Balaban J connectivity index is 1.36. The smallest absolute Gasteiger partial charge is 0.407 e. The van der Waals surface area contributed by atoms with E-state index in [1.54, 1.807) is 30.3 Å². The van der Waals surface area contributed by atoms with Gasteiger partial charge >= 0.3 is 12.1 Å². The van der Waals surface area contributed by atoms with Gasteiger partial charge < -0.3 is 20.5 Å². The molecule has 0 aromatic heterocycles. The lowest BCUT2D eigenvalue weighted by Gasteiger charge is -2.20. The molecule has 1 aliphatic rings. The Morgan fingerprint density at radius 2 is 1.39 bits per heavy atom. The zero-order valence-corrected chi connectivity index (χ0v) is 19.6. The van der Waals surface area contributed by atoms with Gasteiger partial charge in [0.15, 0.2) is 0 Å². The molecule has 184 valence electrons. The van der Waals surface area contributed by atoms with Gasteiger partial charge in [0, 0.05) is 12.3 Å². The standard InChI is InChI=1S/C28H26N2O6/c1-17(26(32)30-24(25(31)27(33)34)15-18-9-3-2-4-10-18)29-28(35)36-16-23-21-13-7-5-11-19(21)20-12-6-8-14-22(20)23/h2-14,17,23-24H,15-16H2,1H3,(H,29,35)(H,30,32)(H,33,34)/t17-,24-/m0/s1. The van der Waals surface area contributed by atoms with Crippen LogP contribution in [0.2, 0.25) is 0 Å². The summed E-state index contributed by atoms with van der Waals surface area (Å²) in [6.07, 6.45) is -0.779. The molecular weight excluding hydrogens is 460 g/mol. The van der Waals surface area contributed by atoms with Crippen LogP contribution in [0.1, 0.15) is 29.5 Å². The first-order valence-corrected chi connectivity index (χ1v) is 11.6. The summed E-state index contributed by atoms with van der Waals surface area (Å²) in [4.78, 5) is 48.6. The van der Waals surface area contributed by atoms with Crippen LogP contribution in [-0.4, -0.2) is 47.6 Å². The molecule has 0 fully saturated rings. The van der Waals surface area contributed by atoms with E-state index in [-0.39, 0.29) is 18.9 Å². The molecule has 1 aliphatic carbocycles. The summed E-state index contributed by atoms with van der Waals surface area (Å²) in [5, 5.41) is 14.0. The van der Waals surface area contributed by atoms with E-state index in [9.17, 15) is 19.2 Å². The van der Waals surface area contributed by atoms with Crippen LogP contribution >= 0.6 is 0 Å². The lowest BCUT2D eigenvalue weighted by atomic mass is 9.98. The highest BCUT2D eigenvalue weighted by Crippen LogP contribution is 2.44. The van der Waals surface area contributed by atoms with Gasteiger partial charge in [-0.15, -0.1) is 0 Å². The van der Waals surface area contributed by atoms with Crippen LogP contribution in [-0.2, 0) is 25.5 Å². The number of ketones is 1. The number of hydrogen-bond acceptors (Lipinski definition) is 5.